The van der Waals surface area contributed by atoms with Gasteiger partial charge in [0.25, 0.3) is 11.8 Å². The Kier molecular flexibility index (Phi) is 10.4. The van der Waals surface area contributed by atoms with Crippen molar-refractivity contribution in [3.8, 4) is 11.1 Å². The van der Waals surface area contributed by atoms with Crippen molar-refractivity contribution in [2.75, 3.05) is 37.2 Å². The highest BCUT2D eigenvalue weighted by molar-refractivity contribution is 7.97. The fraction of sp³-hybridized carbons (Fsp3) is 0.447. The minimum atomic E-state index is -0.143. The second kappa shape index (κ2) is 15.0. The molecular weight excluding hydrogens is 642 g/mol. The van der Waals surface area contributed by atoms with E-state index in [0.717, 1.165) is 67.3 Å². The van der Waals surface area contributed by atoms with Crippen molar-refractivity contribution in [1.82, 2.24) is 19.8 Å². The molecule has 0 spiro atoms. The average molecular weight is 686 g/mol. The van der Waals surface area contributed by atoms with Crippen LogP contribution in [0, 0.1) is 5.92 Å². The zero-order valence-electron chi connectivity index (χ0n) is 27.3. The van der Waals surface area contributed by atoms with Crippen molar-refractivity contribution in [1.29, 1.82) is 0 Å². The average Bonchev–Trinajstić information content (AvgIpc) is 3.58. The SMILES string of the molecule is O=C1Cc2cc(C(=O)NC3CC4CCC(C3)N4SCC3CCN(CCCNC(=O)c4ccc(-c5ccccc5)cc4)CC3)c(Cl)cc2N1. The van der Waals surface area contributed by atoms with Gasteiger partial charge < -0.3 is 20.9 Å². The van der Waals surface area contributed by atoms with Crippen LogP contribution in [0.15, 0.2) is 66.7 Å². The van der Waals surface area contributed by atoms with Gasteiger partial charge in [-0.15, -0.1) is 0 Å². The van der Waals surface area contributed by atoms with E-state index in [0.29, 0.717) is 40.5 Å². The summed E-state index contributed by atoms with van der Waals surface area (Å²) in [6.07, 6.45) is 7.98. The summed E-state index contributed by atoms with van der Waals surface area (Å²) in [6, 6.07) is 22.6. The van der Waals surface area contributed by atoms with Crippen molar-refractivity contribution >= 4 is 47.0 Å². The predicted octanol–water partition coefficient (Wildman–Crippen LogP) is 6.41. The summed E-state index contributed by atoms with van der Waals surface area (Å²) >= 11 is 8.46. The van der Waals surface area contributed by atoms with Crippen LogP contribution in [0.2, 0.25) is 5.02 Å². The number of carbonyl (C=O) groups excluding carboxylic acids is 3. The lowest BCUT2D eigenvalue weighted by Crippen LogP contribution is -2.48. The van der Waals surface area contributed by atoms with Crippen LogP contribution in [0.25, 0.3) is 11.1 Å². The Balaban J connectivity index is 0.787. The maximum absolute atomic E-state index is 13.2. The molecule has 2 unspecified atom stereocenters. The Labute approximate surface area is 292 Å². The molecule has 252 valence electrons. The van der Waals surface area contributed by atoms with Crippen LogP contribution in [0.5, 0.6) is 0 Å². The summed E-state index contributed by atoms with van der Waals surface area (Å²) in [7, 11) is 0. The molecule has 7 rings (SSSR count). The molecule has 3 amide bonds. The van der Waals surface area contributed by atoms with E-state index in [2.05, 4.69) is 37.3 Å². The van der Waals surface area contributed by atoms with Gasteiger partial charge in [-0.2, -0.15) is 0 Å². The Hall–Kier alpha value is -3.37. The normalized spacial score (nSPS) is 22.7. The lowest BCUT2D eigenvalue weighted by Gasteiger charge is -2.39. The largest absolute Gasteiger partial charge is 0.352 e. The van der Waals surface area contributed by atoms with E-state index in [9.17, 15) is 14.4 Å². The van der Waals surface area contributed by atoms with Gasteiger partial charge in [0.1, 0.15) is 0 Å². The summed E-state index contributed by atoms with van der Waals surface area (Å²) < 4.78 is 2.65. The molecule has 4 aliphatic rings. The number of nitrogens with one attached hydrogen (secondary N) is 3. The van der Waals surface area contributed by atoms with Crippen molar-refractivity contribution in [2.45, 2.75) is 69.5 Å². The van der Waals surface area contributed by atoms with Gasteiger partial charge in [0, 0.05) is 41.7 Å². The number of carbonyl (C=O) groups is 3. The minimum absolute atomic E-state index is 0.00862. The molecule has 3 N–H and O–H groups in total. The molecule has 0 radical (unpaired) electrons. The summed E-state index contributed by atoms with van der Waals surface area (Å²) in [4.78, 5) is 40.1. The summed E-state index contributed by atoms with van der Waals surface area (Å²) in [5.41, 5.74) is 4.96. The van der Waals surface area contributed by atoms with Crippen molar-refractivity contribution < 1.29 is 14.4 Å². The minimum Gasteiger partial charge on any atom is -0.352 e. The standard InChI is InChI=1S/C38H44ClN5O3S/c39-34-23-35-29(20-36(45)42-35)19-33(34)38(47)41-30-21-31-11-12-32(22-30)44(31)48-24-25-13-17-43(18-14-25)16-4-15-40-37(46)28-9-7-27(8-10-28)26-5-2-1-3-6-26/h1-3,5-10,19,23,25,30-32H,4,11-18,20-22,24H2,(H,40,46)(H,41,47)(H,42,45). The fourth-order valence-electron chi connectivity index (χ4n) is 7.77. The number of rotatable bonds is 11. The van der Waals surface area contributed by atoms with Crippen LogP contribution in [0.3, 0.4) is 0 Å². The van der Waals surface area contributed by atoms with Gasteiger partial charge >= 0.3 is 0 Å². The van der Waals surface area contributed by atoms with Crippen molar-refractivity contribution in [2.24, 2.45) is 5.92 Å². The molecule has 3 aromatic rings. The van der Waals surface area contributed by atoms with Crippen LogP contribution in [0.1, 0.15) is 71.2 Å². The first-order valence-electron chi connectivity index (χ1n) is 17.4. The molecular formula is C38H44ClN5O3S. The van der Waals surface area contributed by atoms with Gasteiger partial charge in [-0.05, 0) is 111 Å². The van der Waals surface area contributed by atoms with E-state index in [4.69, 9.17) is 11.6 Å². The highest BCUT2D eigenvalue weighted by Gasteiger charge is 2.42. The zero-order chi connectivity index (χ0) is 33.0. The van der Waals surface area contributed by atoms with Crippen LogP contribution in [0.4, 0.5) is 5.69 Å². The molecule has 3 fully saturated rings. The molecule has 0 saturated carbocycles. The Morgan fingerprint density at radius 3 is 2.33 bits per heavy atom. The van der Waals surface area contributed by atoms with Crippen molar-refractivity contribution in [3.63, 3.8) is 0 Å². The number of hydrogen-bond acceptors (Lipinski definition) is 6. The number of fused-ring (bicyclic) bond motifs is 3. The topological polar surface area (TPSA) is 93.8 Å². The number of benzene rings is 3. The highest BCUT2D eigenvalue weighted by Crippen LogP contribution is 2.41. The molecule has 4 aliphatic heterocycles. The monoisotopic (exact) mass is 685 g/mol. The van der Waals surface area contributed by atoms with Crippen LogP contribution >= 0.6 is 23.5 Å². The lowest BCUT2D eigenvalue weighted by atomic mass is 9.99. The number of hydrogen-bond donors (Lipinski definition) is 3. The van der Waals surface area contributed by atoms with Gasteiger partial charge in [-0.3, -0.25) is 14.4 Å². The number of anilines is 1. The highest BCUT2D eigenvalue weighted by atomic mass is 35.5. The molecule has 2 bridgehead atoms. The third-order valence-electron chi connectivity index (χ3n) is 10.4. The number of nitrogens with zero attached hydrogens (tertiary/aromatic N) is 2. The smallest absolute Gasteiger partial charge is 0.253 e. The molecule has 0 aliphatic carbocycles. The summed E-state index contributed by atoms with van der Waals surface area (Å²) in [5.74, 6) is 1.67. The first-order valence-corrected chi connectivity index (χ1v) is 18.7. The molecule has 3 saturated heterocycles. The summed E-state index contributed by atoms with van der Waals surface area (Å²) in [5, 5.41) is 9.53. The number of amides is 3. The lowest BCUT2D eigenvalue weighted by molar-refractivity contribution is -0.115. The first kappa shape index (κ1) is 33.1. The van der Waals surface area contributed by atoms with Gasteiger partial charge in [0.05, 0.1) is 17.0 Å². The van der Waals surface area contributed by atoms with E-state index < -0.39 is 0 Å². The van der Waals surface area contributed by atoms with E-state index >= 15 is 0 Å². The third-order valence-corrected chi connectivity index (χ3v) is 12.2. The van der Waals surface area contributed by atoms with E-state index in [1.165, 1.54) is 25.7 Å². The fourth-order valence-corrected chi connectivity index (χ4v) is 9.54. The van der Waals surface area contributed by atoms with Gasteiger partial charge in [-0.25, -0.2) is 4.31 Å². The van der Waals surface area contributed by atoms with Gasteiger partial charge in [-0.1, -0.05) is 66.0 Å². The Morgan fingerprint density at radius 2 is 1.60 bits per heavy atom. The predicted molar refractivity (Wildman–Crippen MR) is 193 cm³/mol. The van der Waals surface area contributed by atoms with Crippen LogP contribution < -0.4 is 16.0 Å². The van der Waals surface area contributed by atoms with E-state index in [-0.39, 0.29) is 30.2 Å². The van der Waals surface area contributed by atoms with Crippen LogP contribution in [-0.2, 0) is 11.2 Å². The van der Waals surface area contributed by atoms with Gasteiger partial charge in [0.15, 0.2) is 0 Å². The van der Waals surface area contributed by atoms with E-state index in [1.807, 2.05) is 54.4 Å². The third kappa shape index (κ3) is 7.75. The number of piperidine rings is 2. The zero-order valence-corrected chi connectivity index (χ0v) is 28.8. The molecule has 2 atom stereocenters. The second-order valence-electron chi connectivity index (χ2n) is 13.7. The first-order chi connectivity index (χ1) is 23.4. The molecule has 48 heavy (non-hydrogen) atoms. The Bertz CT molecular complexity index is 1620. The van der Waals surface area contributed by atoms with Gasteiger partial charge in [0.2, 0.25) is 5.91 Å². The molecule has 0 aromatic heterocycles. The second-order valence-corrected chi connectivity index (χ2v) is 15.2. The summed E-state index contributed by atoms with van der Waals surface area (Å²) in [6.45, 7) is 3.95. The molecule has 4 heterocycles. The quantitative estimate of drug-likeness (QED) is 0.160. The maximum Gasteiger partial charge on any atom is 0.253 e. The maximum atomic E-state index is 13.2. The molecule has 10 heteroatoms. The number of halogens is 1. The molecule has 3 aromatic carbocycles. The molecule has 8 nitrogen and oxygen atoms in total. The van der Waals surface area contributed by atoms with E-state index in [1.54, 1.807) is 12.1 Å². The van der Waals surface area contributed by atoms with Crippen LogP contribution in [-0.4, -0.2) is 77.0 Å². The number of likely N-dealkylation sites (tertiary alicyclic amines) is 1. The van der Waals surface area contributed by atoms with Crippen molar-refractivity contribution in [3.05, 3.63) is 88.4 Å². The Morgan fingerprint density at radius 1 is 0.896 bits per heavy atom.